The zero-order valence-electron chi connectivity index (χ0n) is 8.32. The number of carbonyl (C=O) groups is 2. The maximum Gasteiger partial charge on any atom is 0.236 e. The van der Waals surface area contributed by atoms with Crippen LogP contribution in [0.4, 0.5) is 0 Å². The van der Waals surface area contributed by atoms with E-state index in [1.807, 2.05) is 22.9 Å². The third kappa shape index (κ3) is 3.69. The number of hydrogen-bond donors (Lipinski definition) is 3. The van der Waals surface area contributed by atoms with Gasteiger partial charge in [-0.25, -0.2) is 5.84 Å². The predicted octanol–water partition coefficient (Wildman–Crippen LogP) is 0.305. The second-order valence-corrected chi connectivity index (χ2v) is 4.02. The van der Waals surface area contributed by atoms with Gasteiger partial charge in [0.15, 0.2) is 0 Å². The van der Waals surface area contributed by atoms with Gasteiger partial charge >= 0.3 is 0 Å². The first-order valence-corrected chi connectivity index (χ1v) is 5.31. The predicted molar refractivity (Wildman–Crippen MR) is 57.8 cm³/mol. The van der Waals surface area contributed by atoms with Gasteiger partial charge in [0.1, 0.15) is 0 Å². The van der Waals surface area contributed by atoms with Crippen molar-refractivity contribution < 1.29 is 9.59 Å². The van der Waals surface area contributed by atoms with E-state index in [0.717, 1.165) is 4.88 Å². The van der Waals surface area contributed by atoms with Crippen molar-refractivity contribution in [1.29, 1.82) is 0 Å². The van der Waals surface area contributed by atoms with E-state index in [-0.39, 0.29) is 24.3 Å². The average molecular weight is 227 g/mol. The first kappa shape index (κ1) is 11.7. The Bertz CT molecular complexity index is 337. The summed E-state index contributed by atoms with van der Waals surface area (Å²) < 4.78 is 0. The van der Waals surface area contributed by atoms with Crippen molar-refractivity contribution >= 4 is 23.2 Å². The molecule has 0 aliphatic rings. The summed E-state index contributed by atoms with van der Waals surface area (Å²) in [5.41, 5.74) is 2.05. The normalized spacial score (nSPS) is 11.9. The van der Waals surface area contributed by atoms with Gasteiger partial charge in [-0.3, -0.25) is 15.0 Å². The molecule has 0 radical (unpaired) electrons. The van der Waals surface area contributed by atoms with E-state index in [4.69, 9.17) is 5.84 Å². The fourth-order valence-electron chi connectivity index (χ4n) is 1.20. The van der Waals surface area contributed by atoms with Crippen LogP contribution in [0.3, 0.4) is 0 Å². The molecule has 0 aliphatic carbocycles. The summed E-state index contributed by atoms with van der Waals surface area (Å²) in [4.78, 5) is 23.0. The standard InChI is InChI=1S/C9H13N3O2S/c1-6(13)11-7(5-9(14)12-10)8-3-2-4-15-8/h2-4,7H,5,10H2,1H3,(H,11,13)(H,12,14). The summed E-state index contributed by atoms with van der Waals surface area (Å²) in [5.74, 6) is 4.52. The highest BCUT2D eigenvalue weighted by Gasteiger charge is 2.17. The summed E-state index contributed by atoms with van der Waals surface area (Å²) in [6, 6.07) is 3.44. The van der Waals surface area contributed by atoms with Crippen LogP contribution in [-0.4, -0.2) is 11.8 Å². The number of hydrogen-bond acceptors (Lipinski definition) is 4. The Morgan fingerprint density at radius 2 is 2.33 bits per heavy atom. The fourth-order valence-corrected chi connectivity index (χ4v) is 1.98. The van der Waals surface area contributed by atoms with Crippen molar-refractivity contribution in [3.8, 4) is 0 Å². The monoisotopic (exact) mass is 227 g/mol. The minimum absolute atomic E-state index is 0.149. The van der Waals surface area contributed by atoms with Crippen LogP contribution in [0.5, 0.6) is 0 Å². The SMILES string of the molecule is CC(=O)NC(CC(=O)NN)c1cccs1. The van der Waals surface area contributed by atoms with Gasteiger partial charge in [0.05, 0.1) is 12.5 Å². The van der Waals surface area contributed by atoms with E-state index in [1.165, 1.54) is 18.3 Å². The maximum atomic E-state index is 11.1. The highest BCUT2D eigenvalue weighted by molar-refractivity contribution is 7.10. The lowest BCUT2D eigenvalue weighted by atomic mass is 10.1. The molecule has 0 aliphatic heterocycles. The lowest BCUT2D eigenvalue weighted by Gasteiger charge is -2.15. The van der Waals surface area contributed by atoms with E-state index >= 15 is 0 Å². The van der Waals surface area contributed by atoms with Gasteiger partial charge in [0.25, 0.3) is 0 Å². The first-order valence-electron chi connectivity index (χ1n) is 4.43. The van der Waals surface area contributed by atoms with Crippen molar-refractivity contribution in [3.05, 3.63) is 22.4 Å². The van der Waals surface area contributed by atoms with Crippen LogP contribution < -0.4 is 16.6 Å². The molecule has 0 fully saturated rings. The number of nitrogens with two attached hydrogens (primary N) is 1. The van der Waals surface area contributed by atoms with E-state index < -0.39 is 0 Å². The molecule has 0 saturated carbocycles. The van der Waals surface area contributed by atoms with E-state index in [2.05, 4.69) is 5.32 Å². The molecule has 0 spiro atoms. The van der Waals surface area contributed by atoms with Crippen molar-refractivity contribution in [2.45, 2.75) is 19.4 Å². The molecule has 2 amide bonds. The number of nitrogens with one attached hydrogen (secondary N) is 2. The first-order chi connectivity index (χ1) is 7.13. The van der Waals surface area contributed by atoms with E-state index in [0.29, 0.717) is 0 Å². The second kappa shape index (κ2) is 5.47. The zero-order chi connectivity index (χ0) is 11.3. The number of thiophene rings is 1. The van der Waals surface area contributed by atoms with Crippen LogP contribution >= 0.6 is 11.3 Å². The maximum absolute atomic E-state index is 11.1. The second-order valence-electron chi connectivity index (χ2n) is 3.04. The van der Waals surface area contributed by atoms with E-state index in [9.17, 15) is 9.59 Å². The highest BCUT2D eigenvalue weighted by Crippen LogP contribution is 2.21. The van der Waals surface area contributed by atoms with Crippen molar-refractivity contribution in [3.63, 3.8) is 0 Å². The Hall–Kier alpha value is -1.40. The van der Waals surface area contributed by atoms with E-state index in [1.54, 1.807) is 0 Å². The van der Waals surface area contributed by atoms with Crippen molar-refractivity contribution in [2.24, 2.45) is 5.84 Å². The molecule has 1 aromatic rings. The molecule has 1 rings (SSSR count). The van der Waals surface area contributed by atoms with Crippen molar-refractivity contribution in [1.82, 2.24) is 10.7 Å². The molecular formula is C9H13N3O2S. The molecular weight excluding hydrogens is 214 g/mol. The molecule has 1 heterocycles. The third-order valence-electron chi connectivity index (χ3n) is 1.81. The molecule has 0 aromatic carbocycles. The molecule has 15 heavy (non-hydrogen) atoms. The fraction of sp³-hybridized carbons (Fsp3) is 0.333. The number of carbonyl (C=O) groups excluding carboxylic acids is 2. The van der Waals surface area contributed by atoms with Gasteiger partial charge in [-0.05, 0) is 11.4 Å². The smallest absolute Gasteiger partial charge is 0.236 e. The van der Waals surface area contributed by atoms with Crippen LogP contribution in [0, 0.1) is 0 Å². The summed E-state index contributed by atoms with van der Waals surface area (Å²) in [6.45, 7) is 1.42. The number of rotatable bonds is 4. The Morgan fingerprint density at radius 1 is 1.60 bits per heavy atom. The summed E-state index contributed by atoms with van der Waals surface area (Å²) in [6.07, 6.45) is 0.149. The average Bonchev–Trinajstić information content (AvgIpc) is 2.68. The van der Waals surface area contributed by atoms with Crippen LogP contribution in [0.25, 0.3) is 0 Å². The summed E-state index contributed by atoms with van der Waals surface area (Å²) >= 11 is 1.49. The Labute approximate surface area is 91.6 Å². The lowest BCUT2D eigenvalue weighted by molar-refractivity contribution is -0.122. The van der Waals surface area contributed by atoms with Crippen LogP contribution in [0.2, 0.25) is 0 Å². The number of hydrazine groups is 1. The van der Waals surface area contributed by atoms with Crippen LogP contribution in [0.15, 0.2) is 17.5 Å². The zero-order valence-corrected chi connectivity index (χ0v) is 9.14. The number of amides is 2. The molecule has 4 N–H and O–H groups in total. The molecule has 1 atom stereocenters. The minimum atomic E-state index is -0.304. The molecule has 0 saturated heterocycles. The molecule has 6 heteroatoms. The molecule has 82 valence electrons. The molecule has 1 aromatic heterocycles. The Kier molecular flexibility index (Phi) is 4.26. The third-order valence-corrected chi connectivity index (χ3v) is 2.80. The summed E-state index contributed by atoms with van der Waals surface area (Å²) in [7, 11) is 0. The Balaban J connectivity index is 2.70. The van der Waals surface area contributed by atoms with Gasteiger partial charge < -0.3 is 5.32 Å². The topological polar surface area (TPSA) is 84.2 Å². The highest BCUT2D eigenvalue weighted by atomic mass is 32.1. The molecule has 1 unspecified atom stereocenters. The molecule has 0 bridgehead atoms. The van der Waals surface area contributed by atoms with Gasteiger partial charge in [0, 0.05) is 11.8 Å². The van der Waals surface area contributed by atoms with Gasteiger partial charge in [-0.15, -0.1) is 11.3 Å². The van der Waals surface area contributed by atoms with Gasteiger partial charge in [-0.2, -0.15) is 0 Å². The van der Waals surface area contributed by atoms with Crippen LogP contribution in [0.1, 0.15) is 24.3 Å². The minimum Gasteiger partial charge on any atom is -0.348 e. The largest absolute Gasteiger partial charge is 0.348 e. The molecule has 5 nitrogen and oxygen atoms in total. The summed E-state index contributed by atoms with van der Waals surface area (Å²) in [5, 5.41) is 4.60. The quantitative estimate of drug-likeness (QED) is 0.393. The van der Waals surface area contributed by atoms with Crippen LogP contribution in [-0.2, 0) is 9.59 Å². The Morgan fingerprint density at radius 3 is 2.80 bits per heavy atom. The van der Waals surface area contributed by atoms with Gasteiger partial charge in [-0.1, -0.05) is 6.07 Å². The van der Waals surface area contributed by atoms with Crippen molar-refractivity contribution in [2.75, 3.05) is 0 Å². The lowest BCUT2D eigenvalue weighted by Crippen LogP contribution is -2.35. The van der Waals surface area contributed by atoms with Gasteiger partial charge in [0.2, 0.25) is 11.8 Å².